The van der Waals surface area contributed by atoms with Crippen LogP contribution in [0, 0.1) is 5.92 Å². The third kappa shape index (κ3) is 4.94. The number of nitrogens with one attached hydrogen (secondary N) is 3. The number of imidazole rings is 1. The maximum atomic E-state index is 12.6. The van der Waals surface area contributed by atoms with E-state index in [-0.39, 0.29) is 30.7 Å². The molecule has 3 rings (SSSR count). The van der Waals surface area contributed by atoms with Crippen LogP contribution in [0.2, 0.25) is 0 Å². The van der Waals surface area contributed by atoms with Gasteiger partial charge in [-0.2, -0.15) is 0 Å². The molecule has 1 unspecified atom stereocenters. The van der Waals surface area contributed by atoms with Gasteiger partial charge in [-0.15, -0.1) is 0 Å². The van der Waals surface area contributed by atoms with Crippen molar-refractivity contribution in [2.75, 3.05) is 0 Å². The van der Waals surface area contributed by atoms with E-state index in [4.69, 9.17) is 0 Å². The number of rotatable bonds is 7. The van der Waals surface area contributed by atoms with Gasteiger partial charge in [0.1, 0.15) is 11.9 Å². The monoisotopic (exact) mass is 364 g/mol. The Morgan fingerprint density at radius 3 is 2.44 bits per heavy atom. The van der Waals surface area contributed by atoms with Gasteiger partial charge in [-0.3, -0.25) is 9.59 Å². The molecule has 3 aromatic rings. The van der Waals surface area contributed by atoms with Gasteiger partial charge in [0.2, 0.25) is 11.8 Å². The van der Waals surface area contributed by atoms with Gasteiger partial charge in [0.05, 0.1) is 24.0 Å². The summed E-state index contributed by atoms with van der Waals surface area (Å²) >= 11 is 0. The minimum atomic E-state index is -0.592. The predicted octanol–water partition coefficient (Wildman–Crippen LogP) is 2.56. The molecule has 6 heteroatoms. The Bertz CT molecular complexity index is 885. The van der Waals surface area contributed by atoms with E-state index in [1.54, 1.807) is 0 Å². The molecule has 6 nitrogen and oxygen atoms in total. The second-order valence-electron chi connectivity index (χ2n) is 6.87. The van der Waals surface area contributed by atoms with E-state index in [1.165, 1.54) is 0 Å². The fourth-order valence-electron chi connectivity index (χ4n) is 2.91. The maximum Gasteiger partial charge on any atom is 0.243 e. The van der Waals surface area contributed by atoms with Gasteiger partial charge >= 0.3 is 0 Å². The normalized spacial score (nSPS) is 12.1. The molecule has 0 aliphatic heterocycles. The van der Waals surface area contributed by atoms with Crippen molar-refractivity contribution in [1.29, 1.82) is 0 Å². The van der Waals surface area contributed by atoms with E-state index in [1.807, 2.05) is 68.4 Å². The van der Waals surface area contributed by atoms with Gasteiger partial charge in [0.25, 0.3) is 0 Å². The summed E-state index contributed by atoms with van der Waals surface area (Å²) in [6, 6.07) is 16.6. The van der Waals surface area contributed by atoms with Crippen molar-refractivity contribution in [3.8, 4) is 0 Å². The van der Waals surface area contributed by atoms with Crippen molar-refractivity contribution in [2.45, 2.75) is 32.9 Å². The first kappa shape index (κ1) is 18.6. The van der Waals surface area contributed by atoms with E-state index in [0.29, 0.717) is 5.82 Å². The van der Waals surface area contributed by atoms with Crippen molar-refractivity contribution >= 4 is 22.8 Å². The lowest BCUT2D eigenvalue weighted by molar-refractivity contribution is -0.129. The summed E-state index contributed by atoms with van der Waals surface area (Å²) in [6.07, 6.45) is 0.251. The van der Waals surface area contributed by atoms with Crippen LogP contribution < -0.4 is 10.6 Å². The summed E-state index contributed by atoms with van der Waals surface area (Å²) in [7, 11) is 0. The molecule has 2 aromatic carbocycles. The third-order valence-corrected chi connectivity index (χ3v) is 4.34. The first-order valence-corrected chi connectivity index (χ1v) is 9.07. The number of fused-ring (bicyclic) bond motifs is 1. The molecule has 0 aliphatic rings. The van der Waals surface area contributed by atoms with Crippen LogP contribution in [0.4, 0.5) is 0 Å². The summed E-state index contributed by atoms with van der Waals surface area (Å²) in [6.45, 7) is 4.10. The summed E-state index contributed by atoms with van der Waals surface area (Å²) in [4.78, 5) is 32.5. The largest absolute Gasteiger partial charge is 0.347 e. The van der Waals surface area contributed by atoms with E-state index >= 15 is 0 Å². The van der Waals surface area contributed by atoms with Crippen LogP contribution in [0.25, 0.3) is 11.0 Å². The lowest BCUT2D eigenvalue weighted by Gasteiger charge is -2.21. The number of para-hydroxylation sites is 2. The average Bonchev–Trinajstić information content (AvgIpc) is 3.08. The summed E-state index contributed by atoms with van der Waals surface area (Å²) < 4.78 is 0. The molecule has 0 saturated heterocycles. The van der Waals surface area contributed by atoms with Gasteiger partial charge in [-0.05, 0) is 23.6 Å². The zero-order chi connectivity index (χ0) is 19.2. The highest BCUT2D eigenvalue weighted by Crippen LogP contribution is 2.10. The van der Waals surface area contributed by atoms with Crippen LogP contribution in [-0.2, 0) is 22.6 Å². The van der Waals surface area contributed by atoms with Crippen molar-refractivity contribution in [3.63, 3.8) is 0 Å². The minimum absolute atomic E-state index is 0.0274. The average molecular weight is 364 g/mol. The summed E-state index contributed by atoms with van der Waals surface area (Å²) in [5.74, 6) is 0.272. The Labute approximate surface area is 158 Å². The van der Waals surface area contributed by atoms with Crippen LogP contribution in [0.1, 0.15) is 25.2 Å². The number of aromatic nitrogens is 2. The van der Waals surface area contributed by atoms with E-state index < -0.39 is 6.04 Å². The second-order valence-corrected chi connectivity index (χ2v) is 6.87. The molecule has 1 aromatic heterocycles. The molecular formula is C21H24N4O2. The molecule has 0 bridgehead atoms. The van der Waals surface area contributed by atoms with Crippen LogP contribution >= 0.6 is 0 Å². The highest BCUT2D eigenvalue weighted by molar-refractivity contribution is 5.88. The number of hydrogen-bond acceptors (Lipinski definition) is 3. The van der Waals surface area contributed by atoms with Gasteiger partial charge in [-0.25, -0.2) is 4.98 Å². The highest BCUT2D eigenvalue weighted by atomic mass is 16.2. The quantitative estimate of drug-likeness (QED) is 0.602. The number of aromatic amines is 1. The number of carbonyl (C=O) groups is 2. The van der Waals surface area contributed by atoms with E-state index in [2.05, 4.69) is 20.6 Å². The predicted molar refractivity (Wildman–Crippen MR) is 105 cm³/mol. The van der Waals surface area contributed by atoms with E-state index in [9.17, 15) is 9.59 Å². The molecule has 1 atom stereocenters. The number of carbonyl (C=O) groups excluding carboxylic acids is 2. The number of hydrogen-bond donors (Lipinski definition) is 3. The molecule has 27 heavy (non-hydrogen) atoms. The zero-order valence-electron chi connectivity index (χ0n) is 15.5. The van der Waals surface area contributed by atoms with E-state index in [0.717, 1.165) is 16.6 Å². The molecule has 0 fully saturated rings. The summed E-state index contributed by atoms with van der Waals surface area (Å²) in [5.41, 5.74) is 2.71. The highest BCUT2D eigenvalue weighted by Gasteiger charge is 2.24. The zero-order valence-corrected chi connectivity index (χ0v) is 15.5. The Balaban J connectivity index is 1.58. The molecule has 0 radical (unpaired) electrons. The van der Waals surface area contributed by atoms with Gasteiger partial charge in [0.15, 0.2) is 0 Å². The molecule has 0 spiro atoms. The Morgan fingerprint density at radius 1 is 1.04 bits per heavy atom. The lowest BCUT2D eigenvalue weighted by Crippen LogP contribution is -2.50. The first-order chi connectivity index (χ1) is 13.0. The van der Waals surface area contributed by atoms with Crippen LogP contribution in [0.5, 0.6) is 0 Å². The second kappa shape index (κ2) is 8.49. The fraction of sp³-hybridized carbons (Fsp3) is 0.286. The van der Waals surface area contributed by atoms with Crippen LogP contribution in [0.3, 0.4) is 0 Å². The smallest absolute Gasteiger partial charge is 0.243 e. The molecule has 140 valence electrons. The van der Waals surface area contributed by atoms with Gasteiger partial charge < -0.3 is 15.6 Å². The lowest BCUT2D eigenvalue weighted by atomic mass is 10.0. The number of amides is 2. The van der Waals surface area contributed by atoms with Crippen molar-refractivity contribution in [1.82, 2.24) is 20.6 Å². The van der Waals surface area contributed by atoms with Crippen LogP contribution in [-0.4, -0.2) is 27.8 Å². The molecule has 0 aliphatic carbocycles. The fourth-order valence-corrected chi connectivity index (χ4v) is 2.91. The SMILES string of the molecule is CC(C)C(NC(=O)Cc1ccccc1)C(=O)NCc1nc2ccccc2[nH]1. The van der Waals surface area contributed by atoms with Crippen molar-refractivity contribution in [2.24, 2.45) is 5.92 Å². The molecule has 3 N–H and O–H groups in total. The number of H-pyrrole nitrogens is 1. The summed E-state index contributed by atoms with van der Waals surface area (Å²) in [5, 5.41) is 5.71. The maximum absolute atomic E-state index is 12.6. The Kier molecular flexibility index (Phi) is 5.86. The first-order valence-electron chi connectivity index (χ1n) is 9.07. The van der Waals surface area contributed by atoms with Gasteiger partial charge in [-0.1, -0.05) is 56.3 Å². The topological polar surface area (TPSA) is 86.9 Å². The van der Waals surface area contributed by atoms with Crippen molar-refractivity contribution in [3.05, 3.63) is 66.0 Å². The van der Waals surface area contributed by atoms with Gasteiger partial charge in [0, 0.05) is 0 Å². The Hall–Kier alpha value is -3.15. The standard InChI is InChI=1S/C21H24N4O2/c1-14(2)20(25-19(26)12-15-8-4-3-5-9-15)21(27)22-13-18-23-16-10-6-7-11-17(16)24-18/h3-11,14,20H,12-13H2,1-2H3,(H,22,27)(H,23,24)(H,25,26). The van der Waals surface area contributed by atoms with Crippen LogP contribution in [0.15, 0.2) is 54.6 Å². The minimum Gasteiger partial charge on any atom is -0.347 e. The third-order valence-electron chi connectivity index (χ3n) is 4.34. The molecule has 2 amide bonds. The number of benzene rings is 2. The number of nitrogens with zero attached hydrogens (tertiary/aromatic N) is 1. The molecule has 0 saturated carbocycles. The Morgan fingerprint density at radius 2 is 1.74 bits per heavy atom. The van der Waals surface area contributed by atoms with Crippen molar-refractivity contribution < 1.29 is 9.59 Å². The molecular weight excluding hydrogens is 340 g/mol. The molecule has 1 heterocycles.